The molecule has 1 aromatic carbocycles. The summed E-state index contributed by atoms with van der Waals surface area (Å²) in [7, 11) is 3.28. The van der Waals surface area contributed by atoms with Gasteiger partial charge in [0.15, 0.2) is 5.82 Å². The van der Waals surface area contributed by atoms with Gasteiger partial charge in [0.05, 0.1) is 18.9 Å². The third-order valence-corrected chi connectivity index (χ3v) is 3.95. The zero-order chi connectivity index (χ0) is 19.1. The lowest BCUT2D eigenvalue weighted by Gasteiger charge is -2.17. The molecule has 0 bridgehead atoms. The first-order valence-corrected chi connectivity index (χ1v) is 8.41. The van der Waals surface area contributed by atoms with E-state index in [1.54, 1.807) is 42.9 Å². The van der Waals surface area contributed by atoms with Crippen molar-refractivity contribution in [1.82, 2.24) is 20.2 Å². The number of aromatic nitrogens is 4. The number of anilines is 3. The second kappa shape index (κ2) is 8.70. The average Bonchev–Trinajstić information content (AvgIpc) is 2.73. The lowest BCUT2D eigenvalue weighted by atomic mass is 10.2. The Kier molecular flexibility index (Phi) is 5.88. The van der Waals surface area contributed by atoms with Gasteiger partial charge < -0.3 is 15.0 Å². The molecule has 0 spiro atoms. The van der Waals surface area contributed by atoms with Crippen molar-refractivity contribution in [2.45, 2.75) is 6.42 Å². The van der Waals surface area contributed by atoms with Crippen LogP contribution in [-0.4, -0.2) is 46.8 Å². The summed E-state index contributed by atoms with van der Waals surface area (Å²) in [6.45, 7) is 0.753. The number of hydrogen-bond acceptors (Lipinski definition) is 8. The topological polar surface area (TPSA) is 93.1 Å². The van der Waals surface area contributed by atoms with Crippen LogP contribution < -0.4 is 10.2 Å². The van der Waals surface area contributed by atoms with E-state index in [0.29, 0.717) is 17.3 Å². The number of esters is 1. The van der Waals surface area contributed by atoms with Gasteiger partial charge in [0, 0.05) is 31.7 Å². The summed E-state index contributed by atoms with van der Waals surface area (Å²) in [4.78, 5) is 21.9. The normalized spacial score (nSPS) is 10.3. The highest BCUT2D eigenvalue weighted by Crippen LogP contribution is 2.16. The van der Waals surface area contributed by atoms with Gasteiger partial charge in [0.25, 0.3) is 0 Å². The molecule has 8 nitrogen and oxygen atoms in total. The first-order valence-electron chi connectivity index (χ1n) is 8.41. The molecule has 27 heavy (non-hydrogen) atoms. The molecule has 0 aliphatic heterocycles. The number of methoxy groups -OCH3 is 1. The highest BCUT2D eigenvalue weighted by molar-refractivity contribution is 5.89. The van der Waals surface area contributed by atoms with Gasteiger partial charge in [-0.25, -0.2) is 4.79 Å². The van der Waals surface area contributed by atoms with E-state index in [1.807, 2.05) is 24.1 Å². The maximum Gasteiger partial charge on any atom is 0.337 e. The number of hydrogen-bond donors (Lipinski definition) is 1. The summed E-state index contributed by atoms with van der Waals surface area (Å²) in [6.07, 6.45) is 5.97. The predicted molar refractivity (Wildman–Crippen MR) is 102 cm³/mol. The van der Waals surface area contributed by atoms with Crippen molar-refractivity contribution in [2.75, 3.05) is 30.9 Å². The molecule has 0 radical (unpaired) electrons. The van der Waals surface area contributed by atoms with Gasteiger partial charge in [-0.3, -0.25) is 4.98 Å². The van der Waals surface area contributed by atoms with Gasteiger partial charge in [0.1, 0.15) is 0 Å². The molecule has 0 aliphatic carbocycles. The van der Waals surface area contributed by atoms with Gasteiger partial charge >= 0.3 is 5.97 Å². The molecule has 138 valence electrons. The van der Waals surface area contributed by atoms with Crippen molar-refractivity contribution in [3.63, 3.8) is 0 Å². The maximum absolute atomic E-state index is 11.5. The van der Waals surface area contributed by atoms with Crippen LogP contribution in [0.4, 0.5) is 17.5 Å². The molecule has 2 heterocycles. The Morgan fingerprint density at radius 1 is 1.15 bits per heavy atom. The van der Waals surface area contributed by atoms with Crippen LogP contribution >= 0.6 is 0 Å². The van der Waals surface area contributed by atoms with Gasteiger partial charge in [0.2, 0.25) is 5.95 Å². The monoisotopic (exact) mass is 364 g/mol. The van der Waals surface area contributed by atoms with Crippen LogP contribution in [0, 0.1) is 0 Å². The molecule has 3 rings (SSSR count). The Morgan fingerprint density at radius 3 is 2.59 bits per heavy atom. The van der Waals surface area contributed by atoms with Crippen LogP contribution in [0.15, 0.2) is 55.0 Å². The molecule has 0 atom stereocenters. The third kappa shape index (κ3) is 4.97. The molecule has 2 aromatic heterocycles. The molecule has 0 unspecified atom stereocenters. The fraction of sp³-hybridized carbons (Fsp3) is 0.211. The largest absolute Gasteiger partial charge is 0.465 e. The zero-order valence-corrected chi connectivity index (χ0v) is 15.2. The van der Waals surface area contributed by atoms with E-state index in [-0.39, 0.29) is 5.97 Å². The van der Waals surface area contributed by atoms with Gasteiger partial charge in [-0.05, 0) is 48.4 Å². The van der Waals surface area contributed by atoms with E-state index in [0.717, 1.165) is 18.7 Å². The van der Waals surface area contributed by atoms with Crippen LogP contribution in [0.3, 0.4) is 0 Å². The number of benzene rings is 1. The summed E-state index contributed by atoms with van der Waals surface area (Å²) in [6, 6.07) is 10.9. The Morgan fingerprint density at radius 2 is 1.89 bits per heavy atom. The van der Waals surface area contributed by atoms with Gasteiger partial charge in [-0.2, -0.15) is 10.1 Å². The van der Waals surface area contributed by atoms with Crippen molar-refractivity contribution in [1.29, 1.82) is 0 Å². The smallest absolute Gasteiger partial charge is 0.337 e. The van der Waals surface area contributed by atoms with E-state index in [4.69, 9.17) is 4.74 Å². The van der Waals surface area contributed by atoms with Crippen molar-refractivity contribution in [2.24, 2.45) is 0 Å². The number of pyridine rings is 1. The molecule has 1 N–H and O–H groups in total. The van der Waals surface area contributed by atoms with Crippen LogP contribution in [-0.2, 0) is 11.2 Å². The summed E-state index contributed by atoms with van der Waals surface area (Å²) in [5.74, 6) is 0.727. The quantitative estimate of drug-likeness (QED) is 0.639. The molecular formula is C19H20N6O2. The number of carbonyl (C=O) groups excluding carboxylic acids is 1. The van der Waals surface area contributed by atoms with Crippen LogP contribution in [0.5, 0.6) is 0 Å². The van der Waals surface area contributed by atoms with E-state index >= 15 is 0 Å². The number of likely N-dealkylation sites (N-methyl/N-ethyl adjacent to an activating group) is 1. The minimum atomic E-state index is -0.372. The molecule has 0 aliphatic rings. The molecule has 3 aromatic rings. The Balaban J connectivity index is 1.63. The first-order chi connectivity index (χ1) is 13.2. The molecule has 8 heteroatoms. The summed E-state index contributed by atoms with van der Waals surface area (Å²) in [5, 5.41) is 11.3. The van der Waals surface area contributed by atoms with E-state index in [9.17, 15) is 4.79 Å². The van der Waals surface area contributed by atoms with Crippen molar-refractivity contribution in [3.05, 3.63) is 66.1 Å². The number of nitrogens with zero attached hydrogens (tertiary/aromatic N) is 5. The number of carbonyl (C=O) groups is 1. The fourth-order valence-electron chi connectivity index (χ4n) is 2.42. The van der Waals surface area contributed by atoms with E-state index in [2.05, 4.69) is 25.5 Å². The maximum atomic E-state index is 11.5. The summed E-state index contributed by atoms with van der Waals surface area (Å²) < 4.78 is 4.69. The lowest BCUT2D eigenvalue weighted by molar-refractivity contribution is 0.0601. The van der Waals surface area contributed by atoms with Crippen molar-refractivity contribution >= 4 is 23.4 Å². The van der Waals surface area contributed by atoms with Crippen molar-refractivity contribution in [3.8, 4) is 0 Å². The first kappa shape index (κ1) is 18.2. The summed E-state index contributed by atoms with van der Waals surface area (Å²) >= 11 is 0. The Hall–Kier alpha value is -3.55. The highest BCUT2D eigenvalue weighted by atomic mass is 16.5. The van der Waals surface area contributed by atoms with Crippen LogP contribution in [0.25, 0.3) is 0 Å². The summed E-state index contributed by atoms with van der Waals surface area (Å²) in [5.41, 5.74) is 2.47. The third-order valence-electron chi connectivity index (χ3n) is 3.95. The number of ether oxygens (including phenoxy) is 1. The second-order valence-electron chi connectivity index (χ2n) is 5.86. The highest BCUT2D eigenvalue weighted by Gasteiger charge is 2.08. The molecule has 0 fully saturated rings. The number of nitrogens with one attached hydrogen (secondary N) is 1. The average molecular weight is 364 g/mol. The standard InChI is InChI=1S/C19H20N6O2/c1-25(12-9-14-7-10-20-11-8-14)19-23-17(13-21-24-19)22-16-5-3-15(4-6-16)18(26)27-2/h3-8,10-11,13H,9,12H2,1-2H3,(H,22,23,24). The van der Waals surface area contributed by atoms with E-state index < -0.39 is 0 Å². The van der Waals surface area contributed by atoms with Crippen LogP contribution in [0.1, 0.15) is 15.9 Å². The minimum Gasteiger partial charge on any atom is -0.465 e. The predicted octanol–water partition coefficient (Wildman–Crippen LogP) is 2.48. The van der Waals surface area contributed by atoms with Crippen LogP contribution in [0.2, 0.25) is 0 Å². The molecule has 0 saturated heterocycles. The van der Waals surface area contributed by atoms with Crippen molar-refractivity contribution < 1.29 is 9.53 Å². The lowest BCUT2D eigenvalue weighted by Crippen LogP contribution is -2.23. The van der Waals surface area contributed by atoms with Gasteiger partial charge in [-0.15, -0.1) is 5.10 Å². The van der Waals surface area contributed by atoms with Gasteiger partial charge in [-0.1, -0.05) is 0 Å². The molecule has 0 saturated carbocycles. The minimum absolute atomic E-state index is 0.372. The Bertz CT molecular complexity index is 886. The molecule has 0 amide bonds. The Labute approximate surface area is 157 Å². The van der Waals surface area contributed by atoms with E-state index in [1.165, 1.54) is 12.7 Å². The SMILES string of the molecule is COC(=O)c1ccc(Nc2cnnc(N(C)CCc3ccncc3)n2)cc1. The second-order valence-corrected chi connectivity index (χ2v) is 5.86. The molecular weight excluding hydrogens is 344 g/mol. The number of rotatable bonds is 7. The fourth-order valence-corrected chi connectivity index (χ4v) is 2.42. The zero-order valence-electron chi connectivity index (χ0n) is 15.2.